The SMILES string of the molecule is O=C(N[C@@H](Cc1ccccc1)C(=O)O/N=C/C1CCCCC1)c1ccccc1. The first-order chi connectivity index (χ1) is 13.7. The zero-order valence-electron chi connectivity index (χ0n) is 15.9. The molecule has 3 rings (SSSR count). The van der Waals surface area contributed by atoms with Gasteiger partial charge in [-0.05, 0) is 36.5 Å². The molecule has 28 heavy (non-hydrogen) atoms. The van der Waals surface area contributed by atoms with Crippen LogP contribution in [0.25, 0.3) is 0 Å². The van der Waals surface area contributed by atoms with Crippen molar-refractivity contribution in [3.8, 4) is 0 Å². The summed E-state index contributed by atoms with van der Waals surface area (Å²) in [5.74, 6) is -0.497. The predicted molar refractivity (Wildman–Crippen MR) is 109 cm³/mol. The summed E-state index contributed by atoms with van der Waals surface area (Å²) in [5, 5.41) is 6.69. The lowest BCUT2D eigenvalue weighted by Crippen LogP contribution is -2.43. The highest BCUT2D eigenvalue weighted by Crippen LogP contribution is 2.21. The van der Waals surface area contributed by atoms with E-state index in [1.807, 2.05) is 36.4 Å². The fourth-order valence-electron chi connectivity index (χ4n) is 3.39. The second-order valence-electron chi connectivity index (χ2n) is 7.14. The lowest BCUT2D eigenvalue weighted by atomic mass is 9.90. The van der Waals surface area contributed by atoms with Gasteiger partial charge in [-0.1, -0.05) is 72.9 Å². The predicted octanol–water partition coefficient (Wildman–Crippen LogP) is 4.14. The Kier molecular flexibility index (Phi) is 7.36. The molecule has 5 nitrogen and oxygen atoms in total. The molecule has 146 valence electrons. The second-order valence-corrected chi connectivity index (χ2v) is 7.14. The lowest BCUT2D eigenvalue weighted by molar-refractivity contribution is -0.145. The number of carbonyl (C=O) groups excluding carboxylic acids is 2. The molecule has 2 aromatic carbocycles. The summed E-state index contributed by atoms with van der Waals surface area (Å²) in [5.41, 5.74) is 1.44. The number of nitrogens with one attached hydrogen (secondary N) is 1. The minimum absolute atomic E-state index is 0.310. The molecule has 0 radical (unpaired) electrons. The van der Waals surface area contributed by atoms with E-state index >= 15 is 0 Å². The zero-order valence-corrected chi connectivity index (χ0v) is 15.9. The van der Waals surface area contributed by atoms with Crippen molar-refractivity contribution in [2.24, 2.45) is 11.1 Å². The molecule has 1 fully saturated rings. The van der Waals surface area contributed by atoms with Crippen molar-refractivity contribution in [3.05, 3.63) is 71.8 Å². The largest absolute Gasteiger partial charge is 0.357 e. The molecule has 0 unspecified atom stereocenters. The number of nitrogens with zero attached hydrogens (tertiary/aromatic N) is 1. The van der Waals surface area contributed by atoms with Crippen LogP contribution in [0.4, 0.5) is 0 Å². The number of rotatable bonds is 7. The number of amides is 1. The third-order valence-corrected chi connectivity index (χ3v) is 4.97. The van der Waals surface area contributed by atoms with Crippen LogP contribution in [0.1, 0.15) is 48.0 Å². The maximum absolute atomic E-state index is 12.6. The molecule has 0 aliphatic heterocycles. The molecule has 1 amide bonds. The number of oxime groups is 1. The molecule has 1 N–H and O–H groups in total. The molecule has 0 spiro atoms. The van der Waals surface area contributed by atoms with Gasteiger partial charge in [-0.3, -0.25) is 4.79 Å². The van der Waals surface area contributed by atoms with Crippen molar-refractivity contribution in [1.82, 2.24) is 5.32 Å². The van der Waals surface area contributed by atoms with Crippen LogP contribution in [0.5, 0.6) is 0 Å². The van der Waals surface area contributed by atoms with Gasteiger partial charge in [0.2, 0.25) is 0 Å². The smallest absolute Gasteiger partial charge is 0.338 e. The molecule has 0 bridgehead atoms. The average molecular weight is 378 g/mol. The number of carbonyl (C=O) groups is 2. The van der Waals surface area contributed by atoms with Gasteiger partial charge in [0.15, 0.2) is 0 Å². The van der Waals surface area contributed by atoms with Crippen LogP contribution in [0.3, 0.4) is 0 Å². The molecule has 1 aliphatic rings. The first kappa shape index (κ1) is 19.8. The summed E-state index contributed by atoms with van der Waals surface area (Å²) in [6, 6.07) is 17.6. The Morgan fingerprint density at radius 3 is 2.32 bits per heavy atom. The van der Waals surface area contributed by atoms with Gasteiger partial charge in [0.05, 0.1) is 0 Å². The Bertz CT molecular complexity index is 784. The van der Waals surface area contributed by atoms with E-state index in [2.05, 4.69) is 10.5 Å². The Labute approximate surface area is 165 Å². The van der Waals surface area contributed by atoms with Crippen LogP contribution in [-0.2, 0) is 16.1 Å². The minimum Gasteiger partial charge on any atom is -0.338 e. The van der Waals surface area contributed by atoms with Crippen LogP contribution in [-0.4, -0.2) is 24.1 Å². The van der Waals surface area contributed by atoms with Gasteiger partial charge in [0, 0.05) is 18.2 Å². The second kappa shape index (κ2) is 10.4. The van der Waals surface area contributed by atoms with E-state index in [-0.39, 0.29) is 5.91 Å². The van der Waals surface area contributed by atoms with Gasteiger partial charge >= 0.3 is 5.97 Å². The van der Waals surface area contributed by atoms with Crippen molar-refractivity contribution in [2.45, 2.75) is 44.6 Å². The summed E-state index contributed by atoms with van der Waals surface area (Å²) in [6.45, 7) is 0. The number of hydrogen-bond donors (Lipinski definition) is 1. The van der Waals surface area contributed by atoms with E-state index in [9.17, 15) is 9.59 Å². The van der Waals surface area contributed by atoms with Gasteiger partial charge in [-0.15, -0.1) is 0 Å². The number of benzene rings is 2. The van der Waals surface area contributed by atoms with E-state index in [1.165, 1.54) is 19.3 Å². The molecule has 0 aromatic heterocycles. The van der Waals surface area contributed by atoms with Crippen LogP contribution in [0.15, 0.2) is 65.8 Å². The topological polar surface area (TPSA) is 67.8 Å². The Morgan fingerprint density at radius 2 is 1.64 bits per heavy atom. The van der Waals surface area contributed by atoms with E-state index < -0.39 is 12.0 Å². The van der Waals surface area contributed by atoms with Crippen LogP contribution < -0.4 is 5.32 Å². The first-order valence-corrected chi connectivity index (χ1v) is 9.86. The summed E-state index contributed by atoms with van der Waals surface area (Å²) in [6.07, 6.45) is 7.88. The molecule has 0 heterocycles. The van der Waals surface area contributed by atoms with Crippen LogP contribution >= 0.6 is 0 Å². The summed E-state index contributed by atoms with van der Waals surface area (Å²) in [4.78, 5) is 30.3. The Hall–Kier alpha value is -2.95. The minimum atomic E-state index is -0.807. The van der Waals surface area contributed by atoms with Crippen LogP contribution in [0, 0.1) is 5.92 Å². The summed E-state index contributed by atoms with van der Waals surface area (Å²) < 4.78 is 0. The molecule has 1 atom stereocenters. The molecule has 1 saturated carbocycles. The third-order valence-electron chi connectivity index (χ3n) is 4.97. The highest BCUT2D eigenvalue weighted by Gasteiger charge is 2.24. The Balaban J connectivity index is 1.65. The summed E-state index contributed by atoms with van der Waals surface area (Å²) in [7, 11) is 0. The van der Waals surface area contributed by atoms with E-state index in [0.717, 1.165) is 18.4 Å². The highest BCUT2D eigenvalue weighted by molar-refractivity contribution is 5.96. The monoisotopic (exact) mass is 378 g/mol. The highest BCUT2D eigenvalue weighted by atomic mass is 16.7. The fourth-order valence-corrected chi connectivity index (χ4v) is 3.39. The van der Waals surface area contributed by atoms with Gasteiger partial charge < -0.3 is 10.2 Å². The molecule has 0 saturated heterocycles. The summed E-state index contributed by atoms with van der Waals surface area (Å²) >= 11 is 0. The van der Waals surface area contributed by atoms with Crippen molar-refractivity contribution >= 4 is 18.1 Å². The fraction of sp³-hybridized carbons (Fsp3) is 0.348. The quantitative estimate of drug-likeness (QED) is 0.447. The normalized spacial score (nSPS) is 15.9. The molecule has 5 heteroatoms. The van der Waals surface area contributed by atoms with Gasteiger partial charge in [0.1, 0.15) is 6.04 Å². The molecule has 2 aromatic rings. The Morgan fingerprint density at radius 1 is 1.00 bits per heavy atom. The number of hydrogen-bond acceptors (Lipinski definition) is 4. The standard InChI is InChI=1S/C23H26N2O3/c26-22(20-14-8-3-9-15-20)25-21(16-18-10-4-1-5-11-18)23(27)28-24-17-19-12-6-2-7-13-19/h1,3-5,8-11,14-15,17,19,21H,2,6-7,12-13,16H2,(H,25,26)/b24-17+/t21-/m0/s1. The van der Waals surface area contributed by atoms with Crippen molar-refractivity contribution in [2.75, 3.05) is 0 Å². The lowest BCUT2D eigenvalue weighted by Gasteiger charge is -2.18. The van der Waals surface area contributed by atoms with E-state index in [0.29, 0.717) is 17.9 Å². The van der Waals surface area contributed by atoms with E-state index in [4.69, 9.17) is 4.84 Å². The molecule has 1 aliphatic carbocycles. The van der Waals surface area contributed by atoms with E-state index in [1.54, 1.807) is 30.5 Å². The van der Waals surface area contributed by atoms with Gasteiger partial charge in [-0.2, -0.15) is 0 Å². The van der Waals surface area contributed by atoms with Gasteiger partial charge in [0.25, 0.3) is 5.91 Å². The van der Waals surface area contributed by atoms with Crippen molar-refractivity contribution in [1.29, 1.82) is 0 Å². The van der Waals surface area contributed by atoms with Crippen molar-refractivity contribution in [3.63, 3.8) is 0 Å². The average Bonchev–Trinajstić information content (AvgIpc) is 2.75. The van der Waals surface area contributed by atoms with Crippen LogP contribution in [0.2, 0.25) is 0 Å². The maximum Gasteiger partial charge on any atom is 0.357 e. The zero-order chi connectivity index (χ0) is 19.6. The third kappa shape index (κ3) is 6.05. The van der Waals surface area contributed by atoms with Gasteiger partial charge in [-0.25, -0.2) is 4.79 Å². The maximum atomic E-state index is 12.6. The first-order valence-electron chi connectivity index (χ1n) is 9.86. The molecular formula is C23H26N2O3. The molecular weight excluding hydrogens is 352 g/mol. The van der Waals surface area contributed by atoms with Crippen molar-refractivity contribution < 1.29 is 14.4 Å².